The first-order valence-electron chi connectivity index (χ1n) is 15.7. The molecule has 2 aromatic carbocycles. The van der Waals surface area contributed by atoms with Crippen molar-refractivity contribution < 1.29 is 15.0 Å². The minimum Gasteiger partial charge on any atom is -0.481 e. The van der Waals surface area contributed by atoms with Crippen molar-refractivity contribution in [2.24, 2.45) is 46.3 Å². The number of carbonyl (C=O) groups is 1. The van der Waals surface area contributed by atoms with Crippen LogP contribution in [-0.2, 0) is 10.4 Å². The molecule has 0 amide bonds. The van der Waals surface area contributed by atoms with Gasteiger partial charge in [-0.15, -0.1) is 0 Å². The molecule has 4 aliphatic carbocycles. The number of hydrogen-bond acceptors (Lipinski definition) is 2. The molecule has 0 heterocycles. The number of carboxylic acids is 1. The minimum atomic E-state index is -0.715. The zero-order valence-electron chi connectivity index (χ0n) is 24.2. The summed E-state index contributed by atoms with van der Waals surface area (Å²) in [5, 5.41) is 21.2. The molecular weight excluding hydrogens is 480 g/mol. The molecule has 0 radical (unpaired) electrons. The highest BCUT2D eigenvalue weighted by Gasteiger charge is 2.61. The molecule has 6 rings (SSSR count). The second-order valence-corrected chi connectivity index (χ2v) is 14.5. The molecule has 0 spiro atoms. The number of benzene rings is 2. The molecule has 0 aromatic heterocycles. The Kier molecular flexibility index (Phi) is 6.97. The Balaban J connectivity index is 1.16. The van der Waals surface area contributed by atoms with Crippen LogP contribution in [0.15, 0.2) is 54.6 Å². The molecule has 0 aliphatic heterocycles. The predicted octanol–water partition coefficient (Wildman–Crippen LogP) is 8.70. The average Bonchev–Trinajstić information content (AvgIpc) is 3.30. The monoisotopic (exact) mass is 528 g/mol. The van der Waals surface area contributed by atoms with E-state index in [1.807, 2.05) is 0 Å². The first-order chi connectivity index (χ1) is 18.6. The van der Waals surface area contributed by atoms with Gasteiger partial charge in [0.15, 0.2) is 0 Å². The van der Waals surface area contributed by atoms with E-state index in [0.717, 1.165) is 49.0 Å². The summed E-state index contributed by atoms with van der Waals surface area (Å²) in [6.07, 6.45) is 11.8. The van der Waals surface area contributed by atoms with Gasteiger partial charge in [0.1, 0.15) is 0 Å². The molecule has 0 saturated heterocycles. The van der Waals surface area contributed by atoms with Crippen molar-refractivity contribution in [3.05, 3.63) is 60.2 Å². The molecule has 2 aromatic rings. The molecule has 2 N–H and O–H groups in total. The Morgan fingerprint density at radius 2 is 1.54 bits per heavy atom. The van der Waals surface area contributed by atoms with Gasteiger partial charge in [-0.2, -0.15) is 0 Å². The smallest absolute Gasteiger partial charge is 0.303 e. The molecule has 4 aliphatic rings. The Hall–Kier alpha value is -2.13. The molecule has 39 heavy (non-hydrogen) atoms. The summed E-state index contributed by atoms with van der Waals surface area (Å²) in [7, 11) is 0. The normalized spacial score (nSPS) is 40.3. The lowest BCUT2D eigenvalue weighted by Crippen LogP contribution is -2.55. The van der Waals surface area contributed by atoms with Crippen molar-refractivity contribution in [2.45, 2.75) is 97.0 Å². The van der Waals surface area contributed by atoms with E-state index < -0.39 is 11.6 Å². The fourth-order valence-electron chi connectivity index (χ4n) is 10.6. The van der Waals surface area contributed by atoms with Gasteiger partial charge in [0.2, 0.25) is 0 Å². The maximum atomic E-state index is 12.0. The first kappa shape index (κ1) is 27.1. The fraction of sp³-hybridized carbons (Fsp3) is 0.639. The zero-order chi connectivity index (χ0) is 27.4. The molecule has 4 saturated carbocycles. The highest BCUT2D eigenvalue weighted by Crippen LogP contribution is 2.69. The van der Waals surface area contributed by atoms with E-state index in [4.69, 9.17) is 0 Å². The van der Waals surface area contributed by atoms with Crippen molar-refractivity contribution in [1.82, 2.24) is 0 Å². The summed E-state index contributed by atoms with van der Waals surface area (Å²) in [5.74, 6) is 3.47. The van der Waals surface area contributed by atoms with Crippen molar-refractivity contribution >= 4 is 5.97 Å². The first-order valence-corrected chi connectivity index (χ1v) is 15.7. The molecule has 0 unspecified atom stereocenters. The topological polar surface area (TPSA) is 57.5 Å². The average molecular weight is 529 g/mol. The second kappa shape index (κ2) is 10.1. The quantitative estimate of drug-likeness (QED) is 0.394. The van der Waals surface area contributed by atoms with E-state index >= 15 is 0 Å². The maximum Gasteiger partial charge on any atom is 0.303 e. The van der Waals surface area contributed by atoms with Gasteiger partial charge in [0.05, 0.1) is 5.60 Å². The third-order valence-corrected chi connectivity index (χ3v) is 12.8. The summed E-state index contributed by atoms with van der Waals surface area (Å²) in [6, 6.07) is 19.2. The summed E-state index contributed by atoms with van der Waals surface area (Å²) >= 11 is 0. The highest BCUT2D eigenvalue weighted by atomic mass is 16.4. The second-order valence-electron chi connectivity index (χ2n) is 14.5. The Labute approximate surface area is 235 Å². The summed E-state index contributed by atoms with van der Waals surface area (Å²) < 4.78 is 0. The largest absolute Gasteiger partial charge is 0.481 e. The van der Waals surface area contributed by atoms with Gasteiger partial charge in [0.25, 0.3) is 0 Å². The van der Waals surface area contributed by atoms with Crippen LogP contribution in [0.1, 0.15) is 97.0 Å². The lowest BCUT2D eigenvalue weighted by Gasteiger charge is -2.62. The summed E-state index contributed by atoms with van der Waals surface area (Å²) in [6.45, 7) is 7.47. The number of hydrogen-bond donors (Lipinski definition) is 2. The van der Waals surface area contributed by atoms with Gasteiger partial charge in [-0.05, 0) is 127 Å². The van der Waals surface area contributed by atoms with E-state index in [-0.39, 0.29) is 0 Å². The number of aliphatic carboxylic acids is 1. The van der Waals surface area contributed by atoms with Crippen LogP contribution in [0.5, 0.6) is 0 Å². The molecule has 210 valence electrons. The highest BCUT2D eigenvalue weighted by molar-refractivity contribution is 5.66. The molecule has 3 heteroatoms. The van der Waals surface area contributed by atoms with Crippen LogP contribution in [-0.4, -0.2) is 16.2 Å². The third-order valence-electron chi connectivity index (χ3n) is 12.8. The van der Waals surface area contributed by atoms with Crippen LogP contribution in [0.3, 0.4) is 0 Å². The van der Waals surface area contributed by atoms with Crippen LogP contribution in [0.2, 0.25) is 0 Å². The number of aliphatic hydroxyl groups is 1. The molecule has 4 fully saturated rings. The van der Waals surface area contributed by atoms with Crippen LogP contribution in [0, 0.1) is 46.3 Å². The van der Waals surface area contributed by atoms with E-state index in [1.54, 1.807) is 0 Å². The van der Waals surface area contributed by atoms with Crippen LogP contribution < -0.4 is 0 Å². The SMILES string of the molecule is C[C@H](CCC(=O)O)[C@H]1CC[C@H]2[C@@H]3CC[C@H]4C[C@](O)(c5ccc(-c6ccccc6)cc5)CC[C@]4(C)[C@H]3CC[C@]12C. The lowest BCUT2D eigenvalue weighted by molar-refractivity contribution is -0.155. The number of carboxylic acid groups (broad SMARTS) is 1. The van der Waals surface area contributed by atoms with E-state index in [1.165, 1.54) is 49.7 Å². The van der Waals surface area contributed by atoms with Crippen LogP contribution in [0.4, 0.5) is 0 Å². The summed E-state index contributed by atoms with van der Waals surface area (Å²) in [4.78, 5) is 11.2. The predicted molar refractivity (Wildman–Crippen MR) is 157 cm³/mol. The van der Waals surface area contributed by atoms with Gasteiger partial charge in [-0.25, -0.2) is 0 Å². The Bertz CT molecular complexity index is 1170. The van der Waals surface area contributed by atoms with Gasteiger partial charge >= 0.3 is 5.97 Å². The number of rotatable bonds is 6. The van der Waals surface area contributed by atoms with E-state index in [9.17, 15) is 15.0 Å². The van der Waals surface area contributed by atoms with Gasteiger partial charge in [-0.3, -0.25) is 4.79 Å². The number of fused-ring (bicyclic) bond motifs is 5. The Morgan fingerprint density at radius 1 is 0.846 bits per heavy atom. The van der Waals surface area contributed by atoms with Gasteiger partial charge in [-0.1, -0.05) is 75.4 Å². The fourth-order valence-corrected chi connectivity index (χ4v) is 10.6. The lowest BCUT2D eigenvalue weighted by atomic mass is 9.43. The molecule has 9 atom stereocenters. The van der Waals surface area contributed by atoms with Gasteiger partial charge in [0, 0.05) is 6.42 Å². The summed E-state index contributed by atoms with van der Waals surface area (Å²) in [5.41, 5.74) is 3.51. The molecule has 0 bridgehead atoms. The van der Waals surface area contributed by atoms with Crippen molar-refractivity contribution in [3.8, 4) is 11.1 Å². The van der Waals surface area contributed by atoms with Crippen molar-refractivity contribution in [1.29, 1.82) is 0 Å². The van der Waals surface area contributed by atoms with E-state index in [2.05, 4.69) is 75.4 Å². The van der Waals surface area contributed by atoms with Gasteiger partial charge < -0.3 is 10.2 Å². The standard InChI is InChI=1S/C36H48O3/c1-24(9-18-33(37)38)30-16-17-31-29-15-14-28-23-36(39,22-21-34(28,2)32(29)19-20-35(30,31)3)27-12-10-26(11-13-27)25-7-5-4-6-8-25/h4-8,10-13,24,28-32,39H,9,14-23H2,1-3H3,(H,37,38)/t24-,28+,29+,30-,31+,32+,34+,35-,36+/m1/s1. The van der Waals surface area contributed by atoms with Crippen molar-refractivity contribution in [3.63, 3.8) is 0 Å². The zero-order valence-corrected chi connectivity index (χ0v) is 24.2. The van der Waals surface area contributed by atoms with Crippen LogP contribution in [0.25, 0.3) is 11.1 Å². The molecular formula is C36H48O3. The Morgan fingerprint density at radius 3 is 2.26 bits per heavy atom. The van der Waals surface area contributed by atoms with Crippen LogP contribution >= 0.6 is 0 Å². The third kappa shape index (κ3) is 4.57. The van der Waals surface area contributed by atoms with Crippen molar-refractivity contribution in [2.75, 3.05) is 0 Å². The van der Waals surface area contributed by atoms with E-state index in [0.29, 0.717) is 35.0 Å². The molecule has 3 nitrogen and oxygen atoms in total. The maximum absolute atomic E-state index is 12.0. The minimum absolute atomic E-state index is 0.308.